The Bertz CT molecular complexity index is 375. The van der Waals surface area contributed by atoms with E-state index in [0.29, 0.717) is 17.9 Å². The van der Waals surface area contributed by atoms with Crippen LogP contribution in [0.5, 0.6) is 5.88 Å². The van der Waals surface area contributed by atoms with Crippen LogP contribution in [0.4, 0.5) is 5.95 Å². The Kier molecular flexibility index (Phi) is 3.82. The fraction of sp³-hybridized carbons (Fsp3) is 0.692. The van der Waals surface area contributed by atoms with E-state index in [0.717, 1.165) is 11.6 Å². The summed E-state index contributed by atoms with van der Waals surface area (Å²) in [6.45, 7) is 4.17. The number of ether oxygens (including phenoxy) is 1. The highest BCUT2D eigenvalue weighted by atomic mass is 16.5. The lowest BCUT2D eigenvalue weighted by Gasteiger charge is -2.20. The molecule has 4 nitrogen and oxygen atoms in total. The monoisotopic (exact) mass is 235 g/mol. The smallest absolute Gasteiger partial charge is 0.226 e. The first-order valence-corrected chi connectivity index (χ1v) is 6.35. The van der Waals surface area contributed by atoms with Crippen LogP contribution in [0.15, 0.2) is 6.07 Å². The van der Waals surface area contributed by atoms with E-state index >= 15 is 0 Å². The summed E-state index contributed by atoms with van der Waals surface area (Å²) in [5.41, 5.74) is 0.929. The van der Waals surface area contributed by atoms with Crippen LogP contribution in [-0.4, -0.2) is 23.1 Å². The minimum atomic E-state index is 0.434. The van der Waals surface area contributed by atoms with E-state index in [9.17, 15) is 0 Å². The third-order valence-electron chi connectivity index (χ3n) is 3.50. The van der Waals surface area contributed by atoms with Gasteiger partial charge in [0.2, 0.25) is 11.8 Å². The fourth-order valence-electron chi connectivity index (χ4n) is 2.49. The van der Waals surface area contributed by atoms with Crippen molar-refractivity contribution in [1.29, 1.82) is 0 Å². The second kappa shape index (κ2) is 5.34. The van der Waals surface area contributed by atoms with Gasteiger partial charge in [-0.3, -0.25) is 0 Å². The number of hydrogen-bond donors (Lipinski definition) is 1. The number of nitrogens with one attached hydrogen (secondary N) is 1. The predicted molar refractivity (Wildman–Crippen MR) is 68.4 cm³/mol. The third-order valence-corrected chi connectivity index (χ3v) is 3.50. The molecule has 1 aromatic heterocycles. The summed E-state index contributed by atoms with van der Waals surface area (Å²) in [6.07, 6.45) is 5.34. The van der Waals surface area contributed by atoms with Crippen molar-refractivity contribution >= 4 is 5.95 Å². The van der Waals surface area contributed by atoms with E-state index in [4.69, 9.17) is 4.74 Å². The van der Waals surface area contributed by atoms with Crippen molar-refractivity contribution in [3.8, 4) is 5.88 Å². The first-order valence-electron chi connectivity index (χ1n) is 6.35. The van der Waals surface area contributed by atoms with Crippen molar-refractivity contribution in [2.75, 3.05) is 12.4 Å². The van der Waals surface area contributed by atoms with E-state index in [1.54, 1.807) is 7.11 Å². The molecule has 0 radical (unpaired) electrons. The van der Waals surface area contributed by atoms with Gasteiger partial charge in [0.25, 0.3) is 0 Å². The van der Waals surface area contributed by atoms with Crippen LogP contribution >= 0.6 is 0 Å². The molecule has 0 saturated heterocycles. The number of nitrogens with zero attached hydrogens (tertiary/aromatic N) is 2. The molecule has 1 unspecified atom stereocenters. The van der Waals surface area contributed by atoms with Crippen LogP contribution in [0, 0.1) is 12.8 Å². The number of aromatic nitrogens is 2. The van der Waals surface area contributed by atoms with Gasteiger partial charge >= 0.3 is 0 Å². The van der Waals surface area contributed by atoms with E-state index in [-0.39, 0.29) is 0 Å². The number of anilines is 1. The molecule has 0 spiro atoms. The Labute approximate surface area is 103 Å². The third kappa shape index (κ3) is 3.08. The van der Waals surface area contributed by atoms with Crippen molar-refractivity contribution in [2.45, 2.75) is 45.6 Å². The zero-order chi connectivity index (χ0) is 12.3. The quantitative estimate of drug-likeness (QED) is 0.871. The highest BCUT2D eigenvalue weighted by molar-refractivity contribution is 5.31. The van der Waals surface area contributed by atoms with Gasteiger partial charge in [-0.15, -0.1) is 0 Å². The van der Waals surface area contributed by atoms with Gasteiger partial charge in [-0.1, -0.05) is 12.8 Å². The summed E-state index contributed by atoms with van der Waals surface area (Å²) < 4.78 is 5.15. The molecule has 94 valence electrons. The Morgan fingerprint density at radius 2 is 2.06 bits per heavy atom. The summed E-state index contributed by atoms with van der Waals surface area (Å²) in [4.78, 5) is 8.71. The molecule has 1 aromatic rings. The van der Waals surface area contributed by atoms with E-state index in [1.807, 2.05) is 13.0 Å². The Morgan fingerprint density at radius 3 is 2.71 bits per heavy atom. The van der Waals surface area contributed by atoms with Crippen molar-refractivity contribution in [3.05, 3.63) is 11.8 Å². The van der Waals surface area contributed by atoms with Crippen molar-refractivity contribution in [2.24, 2.45) is 5.92 Å². The Morgan fingerprint density at radius 1 is 1.35 bits per heavy atom. The number of rotatable bonds is 4. The van der Waals surface area contributed by atoms with Crippen LogP contribution in [-0.2, 0) is 0 Å². The van der Waals surface area contributed by atoms with Crippen molar-refractivity contribution < 1.29 is 4.74 Å². The summed E-state index contributed by atoms with van der Waals surface area (Å²) in [5.74, 6) is 2.06. The first-order chi connectivity index (χ1) is 8.19. The summed E-state index contributed by atoms with van der Waals surface area (Å²) in [6, 6.07) is 2.27. The lowest BCUT2D eigenvalue weighted by molar-refractivity contribution is 0.396. The maximum Gasteiger partial charge on any atom is 0.226 e. The van der Waals surface area contributed by atoms with Crippen LogP contribution in [0.1, 0.15) is 38.3 Å². The Balaban J connectivity index is 2.04. The van der Waals surface area contributed by atoms with Crippen LogP contribution in [0.3, 0.4) is 0 Å². The zero-order valence-corrected chi connectivity index (χ0v) is 10.9. The lowest BCUT2D eigenvalue weighted by Crippen LogP contribution is -2.25. The zero-order valence-electron chi connectivity index (χ0n) is 10.9. The van der Waals surface area contributed by atoms with Gasteiger partial charge in [0.05, 0.1) is 7.11 Å². The molecular formula is C13H21N3O. The van der Waals surface area contributed by atoms with Crippen LogP contribution in [0.2, 0.25) is 0 Å². The number of methoxy groups -OCH3 is 1. The van der Waals surface area contributed by atoms with E-state index < -0.39 is 0 Å². The number of hydrogen-bond acceptors (Lipinski definition) is 4. The molecule has 1 heterocycles. The largest absolute Gasteiger partial charge is 0.481 e. The minimum absolute atomic E-state index is 0.434. The molecule has 0 aromatic carbocycles. The van der Waals surface area contributed by atoms with Crippen LogP contribution < -0.4 is 10.1 Å². The molecule has 1 N–H and O–H groups in total. The maximum absolute atomic E-state index is 5.15. The highest BCUT2D eigenvalue weighted by Gasteiger charge is 2.22. The molecule has 0 bridgehead atoms. The molecule has 1 atom stereocenters. The molecule has 0 aliphatic heterocycles. The second-order valence-electron chi connectivity index (χ2n) is 4.85. The standard InChI is InChI=1S/C13H21N3O/c1-9-8-12(17-3)16-13(14-9)15-10(2)11-6-4-5-7-11/h8,10-11H,4-7H2,1-3H3,(H,14,15,16). The lowest BCUT2D eigenvalue weighted by atomic mass is 10.0. The molecule has 1 aliphatic rings. The second-order valence-corrected chi connectivity index (χ2v) is 4.85. The van der Waals surface area contributed by atoms with E-state index in [1.165, 1.54) is 25.7 Å². The topological polar surface area (TPSA) is 47.0 Å². The average molecular weight is 235 g/mol. The molecule has 4 heteroatoms. The van der Waals surface area contributed by atoms with Gasteiger partial charge < -0.3 is 10.1 Å². The van der Waals surface area contributed by atoms with Gasteiger partial charge in [0.1, 0.15) is 0 Å². The molecule has 1 aliphatic carbocycles. The predicted octanol–water partition coefficient (Wildman–Crippen LogP) is 2.78. The normalized spacial score (nSPS) is 18.1. The van der Waals surface area contributed by atoms with Gasteiger partial charge in [-0.2, -0.15) is 4.98 Å². The highest BCUT2D eigenvalue weighted by Crippen LogP contribution is 2.28. The van der Waals surface area contributed by atoms with Crippen molar-refractivity contribution in [1.82, 2.24) is 9.97 Å². The fourth-order valence-corrected chi connectivity index (χ4v) is 2.49. The molecule has 1 fully saturated rings. The van der Waals surface area contributed by atoms with Gasteiger partial charge in [-0.05, 0) is 32.6 Å². The minimum Gasteiger partial charge on any atom is -0.481 e. The van der Waals surface area contributed by atoms with Crippen molar-refractivity contribution in [3.63, 3.8) is 0 Å². The molecular weight excluding hydrogens is 214 g/mol. The van der Waals surface area contributed by atoms with Gasteiger partial charge in [0.15, 0.2) is 0 Å². The first kappa shape index (κ1) is 12.1. The summed E-state index contributed by atoms with van der Waals surface area (Å²) in [5, 5.41) is 3.40. The summed E-state index contributed by atoms with van der Waals surface area (Å²) >= 11 is 0. The molecule has 1 saturated carbocycles. The molecule has 2 rings (SSSR count). The Hall–Kier alpha value is -1.32. The molecule has 0 amide bonds. The van der Waals surface area contributed by atoms with Gasteiger partial charge in [-0.25, -0.2) is 4.98 Å². The molecule has 17 heavy (non-hydrogen) atoms. The summed E-state index contributed by atoms with van der Waals surface area (Å²) in [7, 11) is 1.63. The van der Waals surface area contributed by atoms with Gasteiger partial charge in [0, 0.05) is 17.8 Å². The SMILES string of the molecule is COc1cc(C)nc(NC(C)C2CCCC2)n1. The van der Waals surface area contributed by atoms with Crippen LogP contribution in [0.25, 0.3) is 0 Å². The maximum atomic E-state index is 5.15. The average Bonchev–Trinajstić information content (AvgIpc) is 2.81. The number of aryl methyl sites for hydroxylation is 1. The van der Waals surface area contributed by atoms with E-state index in [2.05, 4.69) is 22.2 Å².